The number of aromatic nitrogens is 2. The van der Waals surface area contributed by atoms with Crippen LogP contribution in [0.3, 0.4) is 0 Å². The summed E-state index contributed by atoms with van der Waals surface area (Å²) in [7, 11) is 0. The van der Waals surface area contributed by atoms with Gasteiger partial charge in [-0.05, 0) is 51.1 Å². The van der Waals surface area contributed by atoms with Gasteiger partial charge < -0.3 is 15.4 Å². The highest BCUT2D eigenvalue weighted by atomic mass is 19.1. The molecule has 0 unspecified atom stereocenters. The first kappa shape index (κ1) is 22.1. The molecule has 1 aliphatic rings. The number of nitrogens with one attached hydrogen (secondary N) is 2. The van der Waals surface area contributed by atoms with Crippen molar-refractivity contribution in [2.75, 3.05) is 13.1 Å². The maximum absolute atomic E-state index is 13.6. The highest BCUT2D eigenvalue weighted by Crippen LogP contribution is 2.27. The second-order valence-electron chi connectivity index (χ2n) is 8.48. The second kappa shape index (κ2) is 8.12. The number of halogens is 1. The predicted molar refractivity (Wildman–Crippen MR) is 117 cm³/mol. The molecule has 33 heavy (non-hydrogen) atoms. The van der Waals surface area contributed by atoms with Crippen LogP contribution in [-0.2, 0) is 4.74 Å². The van der Waals surface area contributed by atoms with Crippen molar-refractivity contribution in [1.82, 2.24) is 20.2 Å². The Morgan fingerprint density at radius 3 is 2.52 bits per heavy atom. The van der Waals surface area contributed by atoms with Crippen LogP contribution in [0, 0.1) is 5.82 Å². The fourth-order valence-corrected chi connectivity index (χ4v) is 3.47. The molecule has 2 aromatic carbocycles. The first-order valence-electron chi connectivity index (χ1n) is 10.2. The molecule has 170 valence electrons. The highest BCUT2D eigenvalue weighted by molar-refractivity contribution is 6.14. The lowest BCUT2D eigenvalue weighted by Gasteiger charge is -2.19. The molecule has 0 spiro atoms. The van der Waals surface area contributed by atoms with Crippen LogP contribution < -0.4 is 16.2 Å². The van der Waals surface area contributed by atoms with E-state index in [1.807, 2.05) is 0 Å². The molecule has 9 nitrogen and oxygen atoms in total. The Morgan fingerprint density at radius 2 is 1.79 bits per heavy atom. The maximum atomic E-state index is 13.6. The molecule has 0 atom stereocenters. The summed E-state index contributed by atoms with van der Waals surface area (Å²) >= 11 is 0. The van der Waals surface area contributed by atoms with Crippen molar-refractivity contribution in [1.29, 1.82) is 0 Å². The maximum Gasteiger partial charge on any atom is 0.407 e. The molecule has 4 rings (SSSR count). The fraction of sp³-hybridized carbons (Fsp3) is 0.261. The van der Waals surface area contributed by atoms with E-state index >= 15 is 0 Å². The van der Waals surface area contributed by atoms with E-state index in [9.17, 15) is 23.6 Å². The lowest BCUT2D eigenvalue weighted by Crippen LogP contribution is -2.37. The van der Waals surface area contributed by atoms with Gasteiger partial charge in [0.05, 0.1) is 22.2 Å². The minimum absolute atomic E-state index is 0.0860. The zero-order valence-corrected chi connectivity index (χ0v) is 18.2. The number of hydrogen-bond acceptors (Lipinski definition) is 6. The van der Waals surface area contributed by atoms with Crippen molar-refractivity contribution in [2.45, 2.75) is 26.4 Å². The van der Waals surface area contributed by atoms with E-state index in [1.165, 1.54) is 28.8 Å². The van der Waals surface area contributed by atoms with Gasteiger partial charge in [0.1, 0.15) is 11.4 Å². The minimum atomic E-state index is -0.626. The summed E-state index contributed by atoms with van der Waals surface area (Å²) in [5, 5.41) is 5.35. The standard InChI is InChI=1S/C23H21FN4O5/c1-23(2,3)33-22(32)26-9-8-25-20(30)12-4-7-17-15(10-12)18(29)19-27-16-11-13(24)5-6-14(16)21(31)28(17)19/h4-7,10-11H,8-9H2,1-3H3,(H,25,30)(H,26,32). The van der Waals surface area contributed by atoms with Crippen LogP contribution in [0.2, 0.25) is 0 Å². The summed E-state index contributed by atoms with van der Waals surface area (Å²) in [6, 6.07) is 7.94. The number of ether oxygens (including phenoxy) is 1. The van der Waals surface area contributed by atoms with Gasteiger partial charge in [0, 0.05) is 24.7 Å². The number of carbonyl (C=O) groups is 3. The average Bonchev–Trinajstić information content (AvgIpc) is 3.01. The van der Waals surface area contributed by atoms with Gasteiger partial charge in [-0.3, -0.25) is 19.0 Å². The zero-order valence-electron chi connectivity index (χ0n) is 18.2. The van der Waals surface area contributed by atoms with E-state index in [4.69, 9.17) is 4.74 Å². The van der Waals surface area contributed by atoms with Crippen LogP contribution in [0.5, 0.6) is 0 Å². The molecule has 0 radical (unpaired) electrons. The van der Waals surface area contributed by atoms with E-state index in [-0.39, 0.29) is 40.9 Å². The highest BCUT2D eigenvalue weighted by Gasteiger charge is 2.31. The van der Waals surface area contributed by atoms with Gasteiger partial charge in [0.15, 0.2) is 5.82 Å². The van der Waals surface area contributed by atoms with E-state index in [0.29, 0.717) is 5.69 Å². The van der Waals surface area contributed by atoms with Gasteiger partial charge >= 0.3 is 6.09 Å². The fourth-order valence-electron chi connectivity index (χ4n) is 3.47. The number of alkyl carbamates (subject to hydrolysis) is 1. The Labute approximate surface area is 187 Å². The summed E-state index contributed by atoms with van der Waals surface area (Å²) < 4.78 is 19.8. The van der Waals surface area contributed by atoms with E-state index < -0.39 is 34.8 Å². The molecule has 1 aliphatic heterocycles. The predicted octanol–water partition coefficient (Wildman–Crippen LogP) is 2.32. The Bertz CT molecular complexity index is 1370. The number of fused-ring (bicyclic) bond motifs is 4. The summed E-state index contributed by atoms with van der Waals surface area (Å²) in [6.45, 7) is 5.52. The van der Waals surface area contributed by atoms with Crippen molar-refractivity contribution in [2.24, 2.45) is 0 Å². The molecule has 1 aromatic heterocycles. The van der Waals surface area contributed by atoms with Gasteiger partial charge in [-0.2, -0.15) is 0 Å². The lowest BCUT2D eigenvalue weighted by molar-refractivity contribution is 0.0526. The molecule has 3 aromatic rings. The van der Waals surface area contributed by atoms with Crippen molar-refractivity contribution in [3.63, 3.8) is 0 Å². The third-order valence-electron chi connectivity index (χ3n) is 4.86. The molecule has 0 saturated heterocycles. The van der Waals surface area contributed by atoms with Crippen molar-refractivity contribution in [3.8, 4) is 5.69 Å². The van der Waals surface area contributed by atoms with Crippen molar-refractivity contribution in [3.05, 3.63) is 69.5 Å². The van der Waals surface area contributed by atoms with Gasteiger partial charge in [0.25, 0.3) is 11.5 Å². The van der Waals surface area contributed by atoms with Crippen molar-refractivity contribution < 1.29 is 23.5 Å². The average molecular weight is 452 g/mol. The van der Waals surface area contributed by atoms with Crippen LogP contribution in [0.1, 0.15) is 47.3 Å². The monoisotopic (exact) mass is 452 g/mol. The molecule has 0 saturated carbocycles. The minimum Gasteiger partial charge on any atom is -0.444 e. The summed E-state index contributed by atoms with van der Waals surface area (Å²) in [6.07, 6.45) is -0.595. The first-order valence-corrected chi connectivity index (χ1v) is 10.2. The normalized spacial score (nSPS) is 12.3. The van der Waals surface area contributed by atoms with E-state index in [1.54, 1.807) is 20.8 Å². The third kappa shape index (κ3) is 4.32. The summed E-state index contributed by atoms with van der Waals surface area (Å²) in [5.41, 5.74) is -0.374. The quantitative estimate of drug-likeness (QED) is 0.459. The van der Waals surface area contributed by atoms with Crippen LogP contribution in [-0.4, -0.2) is 46.0 Å². The summed E-state index contributed by atoms with van der Waals surface area (Å²) in [4.78, 5) is 54.1. The van der Waals surface area contributed by atoms with Crippen molar-refractivity contribution >= 4 is 28.7 Å². The Kier molecular flexibility index (Phi) is 5.44. The summed E-state index contributed by atoms with van der Waals surface area (Å²) in [5.74, 6) is -1.69. The largest absolute Gasteiger partial charge is 0.444 e. The van der Waals surface area contributed by atoms with Crippen LogP contribution in [0.15, 0.2) is 41.2 Å². The third-order valence-corrected chi connectivity index (χ3v) is 4.86. The first-order chi connectivity index (χ1) is 15.5. The van der Waals surface area contributed by atoms with E-state index in [0.717, 1.165) is 12.1 Å². The molecule has 0 fully saturated rings. The molecular formula is C23H21FN4O5. The zero-order chi connectivity index (χ0) is 23.9. The lowest BCUT2D eigenvalue weighted by atomic mass is 10.1. The second-order valence-corrected chi connectivity index (χ2v) is 8.48. The smallest absolute Gasteiger partial charge is 0.407 e. The Morgan fingerprint density at radius 1 is 1.06 bits per heavy atom. The van der Waals surface area contributed by atoms with Crippen LogP contribution in [0.25, 0.3) is 16.6 Å². The number of benzene rings is 2. The molecule has 2 amide bonds. The van der Waals surface area contributed by atoms with Gasteiger partial charge in [-0.25, -0.2) is 14.2 Å². The van der Waals surface area contributed by atoms with Gasteiger partial charge in [0.2, 0.25) is 5.78 Å². The van der Waals surface area contributed by atoms with Crippen LogP contribution >= 0.6 is 0 Å². The Balaban J connectivity index is 1.50. The van der Waals surface area contributed by atoms with Crippen LogP contribution in [0.4, 0.5) is 9.18 Å². The molecule has 2 N–H and O–H groups in total. The van der Waals surface area contributed by atoms with E-state index in [2.05, 4.69) is 15.6 Å². The number of hydrogen-bond donors (Lipinski definition) is 2. The molecule has 10 heteroatoms. The topological polar surface area (TPSA) is 119 Å². The number of carbonyl (C=O) groups excluding carboxylic acids is 3. The SMILES string of the molecule is CC(C)(C)OC(=O)NCCNC(=O)c1ccc2c(c1)C(=O)c1nc3cc(F)ccc3c(=O)n1-2. The number of amides is 2. The number of rotatable bonds is 4. The molecule has 0 aliphatic carbocycles. The molecule has 0 bridgehead atoms. The molecular weight excluding hydrogens is 431 g/mol. The van der Waals surface area contributed by atoms with Gasteiger partial charge in [-0.15, -0.1) is 0 Å². The Hall–Kier alpha value is -4.08. The number of ketones is 1. The van der Waals surface area contributed by atoms with Gasteiger partial charge in [-0.1, -0.05) is 0 Å². The molecule has 2 heterocycles. The number of nitrogens with zero attached hydrogens (tertiary/aromatic N) is 2.